The first-order valence-electron chi connectivity index (χ1n) is 9.94. The second-order valence-electron chi connectivity index (χ2n) is 6.86. The van der Waals surface area contributed by atoms with Crippen LogP contribution in [0.15, 0.2) is 0 Å². The van der Waals surface area contributed by atoms with Gasteiger partial charge in [0, 0.05) is 67.7 Å². The van der Waals surface area contributed by atoms with Gasteiger partial charge in [0.05, 0.1) is 31.8 Å². The molecule has 0 N–H and O–H groups in total. The number of carbonyl (C=O) groups is 3. The third-order valence-electron chi connectivity index (χ3n) is 3.96. The van der Waals surface area contributed by atoms with Crippen LogP contribution in [0, 0.1) is 61.0 Å². The van der Waals surface area contributed by atoms with Crippen LogP contribution in [-0.2, 0) is 23.9 Å². The third-order valence-corrected chi connectivity index (χ3v) is 3.96. The van der Waals surface area contributed by atoms with E-state index in [1.54, 1.807) is 11.9 Å². The standard InChI is InChI=1S/C19H36NO4.C2H4O.CH3.Ce/c1-7-9-16(5)19(22)20(6)17(13-23-11-8-2)14-24-12-10-18(21)15(3)4;1-2-3;;/h15,17H,7-14H2,1-6H3;2H,1H3;1H3;/q-1;;-1;. The first-order valence-corrected chi connectivity index (χ1v) is 9.94. The number of likely N-dealkylation sites (N-methyl/N-ethyl adjacent to an activating group) is 1. The van der Waals surface area contributed by atoms with E-state index in [0.717, 1.165) is 31.5 Å². The van der Waals surface area contributed by atoms with E-state index in [1.807, 2.05) is 20.8 Å². The number of nitrogens with zero attached hydrogens (tertiary/aromatic N) is 1. The summed E-state index contributed by atoms with van der Waals surface area (Å²) < 4.78 is 11.3. The van der Waals surface area contributed by atoms with Gasteiger partial charge in [-0.3, -0.25) is 10.7 Å². The maximum atomic E-state index is 12.5. The molecule has 0 aliphatic carbocycles. The van der Waals surface area contributed by atoms with E-state index >= 15 is 0 Å². The molecule has 1 amide bonds. The Hall–Kier alpha value is -0.0234. The van der Waals surface area contributed by atoms with Crippen LogP contribution in [0.4, 0.5) is 0 Å². The molecule has 1 atom stereocenters. The number of amides is 1. The summed E-state index contributed by atoms with van der Waals surface area (Å²) in [5.74, 6) is 1.14. The van der Waals surface area contributed by atoms with Gasteiger partial charge in [0.1, 0.15) is 12.1 Å². The van der Waals surface area contributed by atoms with Crippen LogP contribution in [-0.4, -0.2) is 62.4 Å². The van der Waals surface area contributed by atoms with Crippen molar-refractivity contribution in [3.63, 3.8) is 0 Å². The van der Waals surface area contributed by atoms with Gasteiger partial charge in [0.15, 0.2) is 0 Å². The Kier molecular flexibility index (Phi) is 30.4. The molecule has 0 aliphatic rings. The van der Waals surface area contributed by atoms with Crippen molar-refractivity contribution in [1.29, 1.82) is 0 Å². The number of Topliss-reactive ketones (excluding diaryl/α,β-unsaturated/α-hetero) is 1. The van der Waals surface area contributed by atoms with Crippen LogP contribution in [0.1, 0.15) is 67.2 Å². The fourth-order valence-corrected chi connectivity index (χ4v) is 2.27. The Morgan fingerprint density at radius 1 is 1.07 bits per heavy atom. The minimum atomic E-state index is -0.134. The van der Waals surface area contributed by atoms with Crippen molar-refractivity contribution in [1.82, 2.24) is 4.90 Å². The van der Waals surface area contributed by atoms with Gasteiger partial charge in [-0.05, 0) is 13.3 Å². The second-order valence-corrected chi connectivity index (χ2v) is 6.86. The molecule has 172 valence electrons. The van der Waals surface area contributed by atoms with E-state index < -0.39 is 0 Å². The zero-order valence-corrected chi connectivity index (χ0v) is 23.0. The van der Waals surface area contributed by atoms with E-state index in [-0.39, 0.29) is 72.8 Å². The SMILES string of the molecule is CC=O.CCCOCC(COCCC(=O)C(C)C)N(C)C(=O)[C-](C)CCC.[CH3-].[Ce]. The maximum absolute atomic E-state index is 12.5. The van der Waals surface area contributed by atoms with Crippen LogP contribution in [0.5, 0.6) is 0 Å². The molecule has 0 aromatic rings. The van der Waals surface area contributed by atoms with Crippen molar-refractivity contribution in [2.75, 3.05) is 33.5 Å². The maximum Gasteiger partial charge on any atom is 0.137 e. The first kappa shape index (κ1) is 36.4. The molecule has 0 aromatic heterocycles. The monoisotopic (exact) mass is 541 g/mol. The molecule has 0 fully saturated rings. The molecule has 0 radical (unpaired) electrons. The molecule has 6 nitrogen and oxygen atoms in total. The molecule has 0 saturated carbocycles. The summed E-state index contributed by atoms with van der Waals surface area (Å²) in [5.41, 5.74) is 0. The van der Waals surface area contributed by atoms with E-state index in [9.17, 15) is 9.59 Å². The smallest absolute Gasteiger partial charge is 0.137 e. The van der Waals surface area contributed by atoms with Gasteiger partial charge in [0.25, 0.3) is 0 Å². The molecule has 0 heterocycles. The summed E-state index contributed by atoms with van der Waals surface area (Å²) in [6.07, 6.45) is 3.86. The predicted octanol–water partition coefficient (Wildman–Crippen LogP) is 3.92. The molecule has 0 rings (SSSR count). The van der Waals surface area contributed by atoms with E-state index in [0.29, 0.717) is 32.8 Å². The van der Waals surface area contributed by atoms with Gasteiger partial charge in [-0.1, -0.05) is 34.1 Å². The summed E-state index contributed by atoms with van der Waals surface area (Å²) in [5, 5.41) is 0. The zero-order valence-electron chi connectivity index (χ0n) is 19.9. The Bertz CT molecular complexity index is 405. The Morgan fingerprint density at radius 2 is 1.55 bits per heavy atom. The normalized spacial score (nSPS) is 10.6. The number of hydrogen-bond acceptors (Lipinski definition) is 5. The van der Waals surface area contributed by atoms with E-state index in [1.165, 1.54) is 6.92 Å². The van der Waals surface area contributed by atoms with E-state index in [4.69, 9.17) is 14.3 Å². The summed E-state index contributed by atoms with van der Waals surface area (Å²) in [6.45, 7) is 13.1. The number of carbonyl (C=O) groups excluding carboxylic acids is 3. The molecule has 0 spiro atoms. The quantitative estimate of drug-likeness (QED) is 0.189. The van der Waals surface area contributed by atoms with Gasteiger partial charge >= 0.3 is 0 Å². The van der Waals surface area contributed by atoms with Crippen molar-refractivity contribution in [2.45, 2.75) is 73.3 Å². The van der Waals surface area contributed by atoms with E-state index in [2.05, 4.69) is 13.8 Å². The molecule has 0 aromatic carbocycles. The van der Waals surface area contributed by atoms with Crippen LogP contribution < -0.4 is 0 Å². The van der Waals surface area contributed by atoms with Gasteiger partial charge in [0.2, 0.25) is 0 Å². The fourth-order valence-electron chi connectivity index (χ4n) is 2.27. The van der Waals surface area contributed by atoms with Gasteiger partial charge in [-0.15, -0.1) is 0 Å². The van der Waals surface area contributed by atoms with Crippen molar-refractivity contribution in [3.05, 3.63) is 13.3 Å². The minimum Gasteiger partial charge on any atom is -0.379 e. The Balaban J connectivity index is -0.000000585. The second kappa shape index (κ2) is 24.2. The molecular weight excluding hydrogens is 498 g/mol. The molecule has 0 aliphatic heterocycles. The summed E-state index contributed by atoms with van der Waals surface area (Å²) in [7, 11) is 1.80. The van der Waals surface area contributed by atoms with Crippen LogP contribution in [0.25, 0.3) is 0 Å². The Labute approximate surface area is 213 Å². The summed E-state index contributed by atoms with van der Waals surface area (Å²) in [4.78, 5) is 34.6. The number of ketones is 1. The van der Waals surface area contributed by atoms with Crippen LogP contribution in [0.2, 0.25) is 0 Å². The minimum absolute atomic E-state index is 0. The van der Waals surface area contributed by atoms with Gasteiger partial charge in [-0.2, -0.15) is 13.3 Å². The van der Waals surface area contributed by atoms with Crippen LogP contribution in [0.3, 0.4) is 0 Å². The van der Waals surface area contributed by atoms with Gasteiger partial charge in [-0.25, -0.2) is 0 Å². The van der Waals surface area contributed by atoms with Crippen LogP contribution >= 0.6 is 0 Å². The molecule has 0 saturated heterocycles. The molecule has 29 heavy (non-hydrogen) atoms. The first-order chi connectivity index (χ1) is 12.8. The number of ether oxygens (including phenoxy) is 2. The van der Waals surface area contributed by atoms with Gasteiger partial charge < -0.3 is 31.4 Å². The molecule has 7 heteroatoms. The average molecular weight is 542 g/mol. The number of aldehydes is 1. The Morgan fingerprint density at radius 3 is 1.97 bits per heavy atom. The fraction of sp³-hybridized carbons (Fsp3) is 0.773. The van der Waals surface area contributed by atoms with Crippen molar-refractivity contribution < 1.29 is 65.6 Å². The third kappa shape index (κ3) is 19.7. The summed E-state index contributed by atoms with van der Waals surface area (Å²) >= 11 is 0. The number of hydrogen-bond donors (Lipinski definition) is 0. The molecular formula is C22H43CeNO5-2. The van der Waals surface area contributed by atoms with Crippen molar-refractivity contribution in [2.24, 2.45) is 5.92 Å². The predicted molar refractivity (Wildman–Crippen MR) is 115 cm³/mol. The topological polar surface area (TPSA) is 72.9 Å². The zero-order chi connectivity index (χ0) is 21.2. The molecule has 1 unspecified atom stereocenters. The molecule has 0 bridgehead atoms. The number of rotatable bonds is 14. The van der Waals surface area contributed by atoms with Crippen molar-refractivity contribution >= 4 is 18.0 Å². The van der Waals surface area contributed by atoms with Crippen molar-refractivity contribution in [3.8, 4) is 0 Å². The largest absolute Gasteiger partial charge is 0.379 e. The summed E-state index contributed by atoms with van der Waals surface area (Å²) in [6, 6.07) is -0.134. The average Bonchev–Trinajstić information content (AvgIpc) is 2.63.